The fourth-order valence-corrected chi connectivity index (χ4v) is 5.78. The van der Waals surface area contributed by atoms with E-state index in [-0.39, 0.29) is 23.6 Å². The monoisotopic (exact) mass is 492 g/mol. The molecule has 178 valence electrons. The summed E-state index contributed by atoms with van der Waals surface area (Å²) in [5.41, 5.74) is 1.34. The van der Waals surface area contributed by atoms with Crippen molar-refractivity contribution in [2.45, 2.75) is 29.9 Å². The molecule has 0 aliphatic carbocycles. The molecule has 0 aromatic heterocycles. The SMILES string of the molecule is C[S@](=O)Cc1cccc(C(=O)OCCNC(=O)c2cccc(S(=O)(=O)N3CCCCC3)c2)c1. The lowest BCUT2D eigenvalue weighted by Gasteiger charge is -2.26. The summed E-state index contributed by atoms with van der Waals surface area (Å²) < 4.78 is 43.7. The molecule has 0 radical (unpaired) electrons. The summed E-state index contributed by atoms with van der Waals surface area (Å²) in [6, 6.07) is 12.7. The Bertz CT molecular complexity index is 1130. The summed E-state index contributed by atoms with van der Waals surface area (Å²) in [4.78, 5) is 24.8. The number of esters is 1. The second-order valence-corrected chi connectivity index (χ2v) is 11.2. The molecule has 8 nitrogen and oxygen atoms in total. The van der Waals surface area contributed by atoms with Gasteiger partial charge in [-0.15, -0.1) is 0 Å². The molecule has 1 atom stereocenters. The first kappa shape index (κ1) is 25.1. The van der Waals surface area contributed by atoms with Gasteiger partial charge in [-0.3, -0.25) is 9.00 Å². The molecular formula is C23H28N2O6S2. The van der Waals surface area contributed by atoms with Crippen LogP contribution in [0.1, 0.15) is 45.5 Å². The molecule has 1 N–H and O–H groups in total. The van der Waals surface area contributed by atoms with Gasteiger partial charge in [0.05, 0.1) is 17.0 Å². The van der Waals surface area contributed by atoms with E-state index in [9.17, 15) is 22.2 Å². The lowest BCUT2D eigenvalue weighted by Crippen LogP contribution is -2.35. The van der Waals surface area contributed by atoms with E-state index in [0.29, 0.717) is 24.4 Å². The zero-order valence-electron chi connectivity index (χ0n) is 18.5. The molecule has 1 aliphatic heterocycles. The van der Waals surface area contributed by atoms with Crippen LogP contribution in [-0.4, -0.2) is 61.3 Å². The van der Waals surface area contributed by atoms with Crippen molar-refractivity contribution in [3.8, 4) is 0 Å². The highest BCUT2D eigenvalue weighted by molar-refractivity contribution is 7.89. The summed E-state index contributed by atoms with van der Waals surface area (Å²) >= 11 is 0. The Kier molecular flexibility index (Phi) is 8.76. The molecule has 0 spiro atoms. The van der Waals surface area contributed by atoms with Crippen molar-refractivity contribution in [3.63, 3.8) is 0 Å². The van der Waals surface area contributed by atoms with Gasteiger partial charge in [-0.1, -0.05) is 24.6 Å². The number of hydrogen-bond acceptors (Lipinski definition) is 6. The Morgan fingerprint density at radius 1 is 1.03 bits per heavy atom. The third-order valence-electron chi connectivity index (χ3n) is 5.20. The van der Waals surface area contributed by atoms with Crippen molar-refractivity contribution in [2.24, 2.45) is 0 Å². The van der Waals surface area contributed by atoms with Crippen LogP contribution in [0.25, 0.3) is 0 Å². The molecule has 2 aromatic rings. The van der Waals surface area contributed by atoms with Crippen LogP contribution >= 0.6 is 0 Å². The summed E-state index contributed by atoms with van der Waals surface area (Å²) in [6.45, 7) is 1.01. The highest BCUT2D eigenvalue weighted by atomic mass is 32.2. The fraction of sp³-hybridized carbons (Fsp3) is 0.391. The number of nitrogens with one attached hydrogen (secondary N) is 1. The number of hydrogen-bond donors (Lipinski definition) is 1. The zero-order chi connectivity index (χ0) is 23.8. The summed E-state index contributed by atoms with van der Waals surface area (Å²) in [6.07, 6.45) is 4.28. The van der Waals surface area contributed by atoms with Crippen molar-refractivity contribution in [2.75, 3.05) is 32.5 Å². The quantitative estimate of drug-likeness (QED) is 0.425. The van der Waals surface area contributed by atoms with Gasteiger partial charge in [-0.05, 0) is 48.7 Å². The molecule has 0 unspecified atom stereocenters. The Hall–Kier alpha value is -2.56. The molecule has 1 amide bonds. The molecule has 1 saturated heterocycles. The maximum Gasteiger partial charge on any atom is 0.338 e. The smallest absolute Gasteiger partial charge is 0.338 e. The first-order valence-electron chi connectivity index (χ1n) is 10.7. The predicted octanol–water partition coefficient (Wildman–Crippen LogP) is 2.33. The minimum Gasteiger partial charge on any atom is -0.460 e. The average Bonchev–Trinajstić information content (AvgIpc) is 2.82. The van der Waals surface area contributed by atoms with Gasteiger partial charge in [0, 0.05) is 41.5 Å². The normalized spacial score (nSPS) is 15.5. The Labute approximate surface area is 196 Å². The van der Waals surface area contributed by atoms with E-state index in [1.54, 1.807) is 42.7 Å². The largest absolute Gasteiger partial charge is 0.460 e. The van der Waals surface area contributed by atoms with Crippen LogP contribution in [0, 0.1) is 0 Å². The van der Waals surface area contributed by atoms with Gasteiger partial charge in [-0.25, -0.2) is 13.2 Å². The number of amides is 1. The maximum atomic E-state index is 12.8. The number of benzene rings is 2. The molecule has 1 heterocycles. The number of rotatable bonds is 9. The van der Waals surface area contributed by atoms with Gasteiger partial charge < -0.3 is 10.1 Å². The number of carbonyl (C=O) groups is 2. The molecule has 33 heavy (non-hydrogen) atoms. The van der Waals surface area contributed by atoms with Gasteiger partial charge in [0.25, 0.3) is 5.91 Å². The maximum absolute atomic E-state index is 12.8. The minimum atomic E-state index is -3.63. The van der Waals surface area contributed by atoms with E-state index in [2.05, 4.69) is 5.32 Å². The Morgan fingerprint density at radius 2 is 1.73 bits per heavy atom. The van der Waals surface area contributed by atoms with Crippen molar-refractivity contribution < 1.29 is 27.0 Å². The van der Waals surface area contributed by atoms with Gasteiger partial charge in [-0.2, -0.15) is 4.31 Å². The zero-order valence-corrected chi connectivity index (χ0v) is 20.1. The minimum absolute atomic E-state index is 0.0414. The van der Waals surface area contributed by atoms with E-state index >= 15 is 0 Å². The Morgan fingerprint density at radius 3 is 2.45 bits per heavy atom. The van der Waals surface area contributed by atoms with Crippen LogP contribution < -0.4 is 5.32 Å². The first-order chi connectivity index (χ1) is 15.8. The van der Waals surface area contributed by atoms with Gasteiger partial charge in [0.15, 0.2) is 0 Å². The van der Waals surface area contributed by atoms with Crippen LogP contribution in [-0.2, 0) is 31.3 Å². The number of piperidine rings is 1. The van der Waals surface area contributed by atoms with E-state index in [1.165, 1.54) is 16.4 Å². The van der Waals surface area contributed by atoms with Crippen LogP contribution in [0.15, 0.2) is 53.4 Å². The number of ether oxygens (including phenoxy) is 1. The molecular weight excluding hydrogens is 464 g/mol. The topological polar surface area (TPSA) is 110 Å². The summed E-state index contributed by atoms with van der Waals surface area (Å²) in [5, 5.41) is 2.64. The second-order valence-electron chi connectivity index (χ2n) is 7.80. The highest BCUT2D eigenvalue weighted by Gasteiger charge is 2.26. The van der Waals surface area contributed by atoms with Crippen LogP contribution in [0.4, 0.5) is 0 Å². The van der Waals surface area contributed by atoms with Gasteiger partial charge in [0.2, 0.25) is 10.0 Å². The fourth-order valence-electron chi connectivity index (χ4n) is 3.57. The Balaban J connectivity index is 1.52. The molecule has 1 fully saturated rings. The molecule has 0 saturated carbocycles. The van der Waals surface area contributed by atoms with E-state index in [4.69, 9.17) is 4.74 Å². The average molecular weight is 493 g/mol. The number of sulfonamides is 1. The van der Waals surface area contributed by atoms with Crippen molar-refractivity contribution in [1.29, 1.82) is 0 Å². The second kappa shape index (κ2) is 11.5. The third kappa shape index (κ3) is 6.96. The van der Waals surface area contributed by atoms with Crippen LogP contribution in [0.2, 0.25) is 0 Å². The van der Waals surface area contributed by atoms with E-state index in [0.717, 1.165) is 24.8 Å². The lowest BCUT2D eigenvalue weighted by molar-refractivity contribution is 0.0503. The molecule has 10 heteroatoms. The van der Waals surface area contributed by atoms with E-state index in [1.807, 2.05) is 0 Å². The number of carbonyl (C=O) groups excluding carboxylic acids is 2. The van der Waals surface area contributed by atoms with Crippen LogP contribution in [0.5, 0.6) is 0 Å². The van der Waals surface area contributed by atoms with Crippen molar-refractivity contribution in [3.05, 3.63) is 65.2 Å². The lowest BCUT2D eigenvalue weighted by atomic mass is 10.1. The molecule has 3 rings (SSSR count). The highest BCUT2D eigenvalue weighted by Crippen LogP contribution is 2.21. The number of nitrogens with zero attached hydrogens (tertiary/aromatic N) is 1. The van der Waals surface area contributed by atoms with Crippen molar-refractivity contribution in [1.82, 2.24) is 9.62 Å². The standard InChI is InChI=1S/C23H28N2O6S2/c1-32(28)17-18-7-5-9-20(15-18)23(27)31-14-11-24-22(26)19-8-6-10-21(16-19)33(29,30)25-12-3-2-4-13-25/h5-10,15-16H,2-4,11-14,17H2,1H3,(H,24,26)/t32-/m0/s1. The van der Waals surface area contributed by atoms with Crippen LogP contribution in [0.3, 0.4) is 0 Å². The molecule has 1 aliphatic rings. The third-order valence-corrected chi connectivity index (χ3v) is 7.84. The summed E-state index contributed by atoms with van der Waals surface area (Å²) in [7, 11) is -4.65. The summed E-state index contributed by atoms with van der Waals surface area (Å²) in [5.74, 6) is -0.638. The van der Waals surface area contributed by atoms with Gasteiger partial charge in [0.1, 0.15) is 6.61 Å². The van der Waals surface area contributed by atoms with E-state index < -0.39 is 32.7 Å². The first-order valence-corrected chi connectivity index (χ1v) is 13.9. The van der Waals surface area contributed by atoms with Crippen molar-refractivity contribution >= 4 is 32.7 Å². The van der Waals surface area contributed by atoms with Gasteiger partial charge >= 0.3 is 5.97 Å². The molecule has 2 aromatic carbocycles. The molecule has 0 bridgehead atoms. The predicted molar refractivity (Wildman–Crippen MR) is 126 cm³/mol.